The molecular formula is C18H19N3O5. The summed E-state index contributed by atoms with van der Waals surface area (Å²) in [5.41, 5.74) is 11.9. The molecule has 2 aromatic rings. The highest BCUT2D eigenvalue weighted by Crippen LogP contribution is 2.50. The number of ether oxygens (including phenoxy) is 3. The average Bonchev–Trinajstić information content (AvgIpc) is 3.06. The molecule has 0 fully saturated rings. The van der Waals surface area contributed by atoms with Gasteiger partial charge in [0.1, 0.15) is 11.5 Å². The van der Waals surface area contributed by atoms with Gasteiger partial charge < -0.3 is 25.1 Å². The van der Waals surface area contributed by atoms with Gasteiger partial charge in [0.15, 0.2) is 17.7 Å². The fraction of sp³-hybridized carbons (Fsp3) is 0.278. The Kier molecular flexibility index (Phi) is 3.96. The van der Waals surface area contributed by atoms with Crippen LogP contribution in [0.25, 0.3) is 0 Å². The molecule has 2 aliphatic rings. The maximum atomic E-state index is 11.1. The number of aromatic hydroxyl groups is 1. The van der Waals surface area contributed by atoms with Crippen molar-refractivity contribution in [1.29, 1.82) is 0 Å². The molecule has 136 valence electrons. The first-order valence-electron chi connectivity index (χ1n) is 8.23. The standard InChI is InChI=1S/C18H19N3O5/c1-9-16(10-4-2-3-5-12(10)22)11-6-14-15(25-8-24-14)7-13(11)26-17(9)20-21-18(19)23/h2-7,9,16-17,20,22H,8H2,1H3,(H3,19,21,23)/t9-,16+,17+/m1/s1. The molecule has 2 aliphatic heterocycles. The predicted octanol–water partition coefficient (Wildman–Crippen LogP) is 1.78. The number of nitrogens with one attached hydrogen (secondary N) is 2. The number of benzene rings is 2. The molecule has 2 heterocycles. The number of hydrazine groups is 1. The molecular weight excluding hydrogens is 338 g/mol. The first-order chi connectivity index (χ1) is 12.5. The van der Waals surface area contributed by atoms with Gasteiger partial charge in [-0.25, -0.2) is 4.79 Å². The number of fused-ring (bicyclic) bond motifs is 2. The lowest BCUT2D eigenvalue weighted by molar-refractivity contribution is 0.0688. The number of nitrogens with two attached hydrogens (primary N) is 1. The molecule has 0 saturated heterocycles. The van der Waals surface area contributed by atoms with Gasteiger partial charge in [-0.3, -0.25) is 5.43 Å². The number of hydrogen-bond acceptors (Lipinski definition) is 6. The molecule has 4 rings (SSSR count). The highest BCUT2D eigenvalue weighted by atomic mass is 16.7. The molecule has 0 radical (unpaired) electrons. The van der Waals surface area contributed by atoms with Gasteiger partial charge in [-0.05, 0) is 12.1 Å². The number of carbonyl (C=O) groups is 1. The maximum absolute atomic E-state index is 11.1. The van der Waals surface area contributed by atoms with Crippen LogP contribution in [0.4, 0.5) is 4.79 Å². The third kappa shape index (κ3) is 2.74. The first-order valence-corrected chi connectivity index (χ1v) is 8.23. The summed E-state index contributed by atoms with van der Waals surface area (Å²) >= 11 is 0. The van der Waals surface area contributed by atoms with E-state index in [0.717, 1.165) is 11.1 Å². The van der Waals surface area contributed by atoms with Crippen LogP contribution in [0.5, 0.6) is 23.0 Å². The first kappa shape index (κ1) is 16.3. The largest absolute Gasteiger partial charge is 0.508 e. The summed E-state index contributed by atoms with van der Waals surface area (Å²) in [6.07, 6.45) is -0.556. The molecule has 26 heavy (non-hydrogen) atoms. The molecule has 2 amide bonds. The molecule has 3 atom stereocenters. The highest BCUT2D eigenvalue weighted by molar-refractivity contribution is 5.71. The minimum absolute atomic E-state index is 0.136. The molecule has 0 unspecified atom stereocenters. The van der Waals surface area contributed by atoms with E-state index in [-0.39, 0.29) is 24.4 Å². The van der Waals surface area contributed by atoms with Crippen LogP contribution in [0.3, 0.4) is 0 Å². The lowest BCUT2D eigenvalue weighted by Crippen LogP contribution is -2.54. The Morgan fingerprint density at radius 1 is 1.15 bits per heavy atom. The third-order valence-electron chi connectivity index (χ3n) is 4.71. The smallest absolute Gasteiger partial charge is 0.326 e. The number of rotatable bonds is 3. The monoisotopic (exact) mass is 357 g/mol. The Hall–Kier alpha value is -3.13. The topological polar surface area (TPSA) is 115 Å². The van der Waals surface area contributed by atoms with E-state index in [0.29, 0.717) is 17.2 Å². The minimum Gasteiger partial charge on any atom is -0.508 e. The molecule has 0 spiro atoms. The van der Waals surface area contributed by atoms with Crippen molar-refractivity contribution in [3.05, 3.63) is 47.5 Å². The van der Waals surface area contributed by atoms with Crippen LogP contribution in [-0.2, 0) is 0 Å². The van der Waals surface area contributed by atoms with Gasteiger partial charge in [0.2, 0.25) is 6.79 Å². The fourth-order valence-electron chi connectivity index (χ4n) is 3.49. The quantitative estimate of drug-likeness (QED) is 0.623. The molecule has 2 aromatic carbocycles. The van der Waals surface area contributed by atoms with Gasteiger partial charge in [0.25, 0.3) is 0 Å². The fourth-order valence-corrected chi connectivity index (χ4v) is 3.49. The van der Waals surface area contributed by atoms with Crippen molar-refractivity contribution in [2.75, 3.05) is 6.79 Å². The van der Waals surface area contributed by atoms with Gasteiger partial charge in [0, 0.05) is 29.0 Å². The summed E-state index contributed by atoms with van der Waals surface area (Å²) in [7, 11) is 0. The molecule has 8 heteroatoms. The Balaban J connectivity index is 1.80. The van der Waals surface area contributed by atoms with Crippen LogP contribution in [0.15, 0.2) is 36.4 Å². The number of carbonyl (C=O) groups excluding carboxylic acids is 1. The van der Waals surface area contributed by atoms with Crippen molar-refractivity contribution in [2.45, 2.75) is 19.1 Å². The van der Waals surface area contributed by atoms with Crippen molar-refractivity contribution in [1.82, 2.24) is 10.9 Å². The van der Waals surface area contributed by atoms with Gasteiger partial charge in [-0.1, -0.05) is 25.1 Å². The number of primary amides is 1. The summed E-state index contributed by atoms with van der Waals surface area (Å²) in [5.74, 6) is 1.68. The van der Waals surface area contributed by atoms with Crippen LogP contribution in [0, 0.1) is 5.92 Å². The van der Waals surface area contributed by atoms with Gasteiger partial charge >= 0.3 is 6.03 Å². The average molecular weight is 357 g/mol. The summed E-state index contributed by atoms with van der Waals surface area (Å²) in [5, 5.41) is 10.4. The Labute approximate surface area is 149 Å². The van der Waals surface area contributed by atoms with E-state index in [2.05, 4.69) is 10.9 Å². The van der Waals surface area contributed by atoms with E-state index in [4.69, 9.17) is 19.9 Å². The number of urea groups is 1. The Morgan fingerprint density at radius 3 is 2.62 bits per heavy atom. The summed E-state index contributed by atoms with van der Waals surface area (Å²) in [6.45, 7) is 2.12. The van der Waals surface area contributed by atoms with Gasteiger partial charge in [0.05, 0.1) is 0 Å². The second-order valence-electron chi connectivity index (χ2n) is 6.31. The van der Waals surface area contributed by atoms with Crippen molar-refractivity contribution in [3.8, 4) is 23.0 Å². The Morgan fingerprint density at radius 2 is 1.88 bits per heavy atom. The number of hydrogen-bond donors (Lipinski definition) is 4. The van der Waals surface area contributed by atoms with E-state index in [1.165, 1.54) is 0 Å². The van der Waals surface area contributed by atoms with Crippen LogP contribution in [-0.4, -0.2) is 24.2 Å². The summed E-state index contributed by atoms with van der Waals surface area (Å²) in [4.78, 5) is 11.1. The minimum atomic E-state index is -0.712. The highest BCUT2D eigenvalue weighted by Gasteiger charge is 2.39. The zero-order valence-corrected chi connectivity index (χ0v) is 14.1. The number of phenolic OH excluding ortho intramolecular Hbond substituents is 1. The summed E-state index contributed by atoms with van der Waals surface area (Å²) < 4.78 is 16.9. The second-order valence-corrected chi connectivity index (χ2v) is 6.31. The SMILES string of the molecule is C[C@@H]1[C@@H](c2ccccc2O)c2cc3c(cc2O[C@@H]1NNC(N)=O)OCO3. The lowest BCUT2D eigenvalue weighted by atomic mass is 9.78. The van der Waals surface area contributed by atoms with Crippen molar-refractivity contribution in [2.24, 2.45) is 11.7 Å². The van der Waals surface area contributed by atoms with Crippen LogP contribution < -0.4 is 30.8 Å². The van der Waals surface area contributed by atoms with Crippen LogP contribution in [0.2, 0.25) is 0 Å². The van der Waals surface area contributed by atoms with Crippen LogP contribution >= 0.6 is 0 Å². The van der Waals surface area contributed by atoms with Crippen molar-refractivity contribution in [3.63, 3.8) is 0 Å². The van der Waals surface area contributed by atoms with Crippen molar-refractivity contribution >= 4 is 6.03 Å². The second kappa shape index (κ2) is 6.30. The zero-order valence-electron chi connectivity index (χ0n) is 14.1. The Bertz CT molecular complexity index is 857. The van der Waals surface area contributed by atoms with Gasteiger partial charge in [-0.15, -0.1) is 0 Å². The molecule has 0 saturated carbocycles. The summed E-state index contributed by atoms with van der Waals surface area (Å²) in [6, 6.07) is 10.1. The zero-order chi connectivity index (χ0) is 18.3. The van der Waals surface area contributed by atoms with E-state index in [1.54, 1.807) is 18.2 Å². The van der Waals surface area contributed by atoms with Crippen LogP contribution in [0.1, 0.15) is 24.0 Å². The maximum Gasteiger partial charge on any atom is 0.326 e. The molecule has 0 aromatic heterocycles. The number of amides is 2. The van der Waals surface area contributed by atoms with Crippen molar-refractivity contribution < 1.29 is 24.1 Å². The van der Waals surface area contributed by atoms with E-state index >= 15 is 0 Å². The van der Waals surface area contributed by atoms with Gasteiger partial charge in [-0.2, -0.15) is 5.43 Å². The normalized spacial score (nSPS) is 23.0. The molecule has 8 nitrogen and oxygen atoms in total. The van der Waals surface area contributed by atoms with E-state index in [1.807, 2.05) is 25.1 Å². The van der Waals surface area contributed by atoms with E-state index in [9.17, 15) is 9.90 Å². The molecule has 0 bridgehead atoms. The molecule has 5 N–H and O–H groups in total. The third-order valence-corrected chi connectivity index (χ3v) is 4.71. The predicted molar refractivity (Wildman–Crippen MR) is 91.9 cm³/mol. The van der Waals surface area contributed by atoms with E-state index < -0.39 is 12.3 Å². The number of phenols is 1. The molecule has 0 aliphatic carbocycles. The number of para-hydroxylation sites is 1. The lowest BCUT2D eigenvalue weighted by Gasteiger charge is -2.38.